The van der Waals surface area contributed by atoms with Crippen LogP contribution in [-0.4, -0.2) is 29.6 Å². The van der Waals surface area contributed by atoms with Crippen molar-refractivity contribution in [3.8, 4) is 11.5 Å². The average Bonchev–Trinajstić information content (AvgIpc) is 2.65. The standard InChI is InChI=1S/C21H19IN2O5/c1-4-29-17-10-13(9-15(22)18(17)25)8-14-19(26)23-21(28)24(20(14)27)16-7-11(2)5-6-12(16)3/h5-10,25H,4H2,1-3H3,(H,23,26,28)/b14-8+. The van der Waals surface area contributed by atoms with Crippen molar-refractivity contribution in [1.29, 1.82) is 0 Å². The summed E-state index contributed by atoms with van der Waals surface area (Å²) >= 11 is 1.94. The van der Waals surface area contributed by atoms with Crippen LogP contribution in [0.2, 0.25) is 0 Å². The monoisotopic (exact) mass is 506 g/mol. The van der Waals surface area contributed by atoms with Crippen molar-refractivity contribution >= 4 is 52.2 Å². The molecule has 1 fully saturated rings. The third-order valence-electron chi connectivity index (χ3n) is 4.37. The van der Waals surface area contributed by atoms with Gasteiger partial charge in [0.1, 0.15) is 5.57 Å². The number of aryl methyl sites for hydroxylation is 2. The third kappa shape index (κ3) is 4.12. The second kappa shape index (κ2) is 8.24. The van der Waals surface area contributed by atoms with Crippen LogP contribution in [0, 0.1) is 17.4 Å². The Morgan fingerprint density at radius 2 is 1.90 bits per heavy atom. The second-order valence-electron chi connectivity index (χ2n) is 6.53. The van der Waals surface area contributed by atoms with Gasteiger partial charge in [0.2, 0.25) is 0 Å². The number of phenolic OH excluding ortho intramolecular Hbond substituents is 1. The molecule has 0 aromatic heterocycles. The number of urea groups is 1. The molecule has 3 rings (SSSR count). The van der Waals surface area contributed by atoms with E-state index in [-0.39, 0.29) is 17.1 Å². The van der Waals surface area contributed by atoms with E-state index >= 15 is 0 Å². The summed E-state index contributed by atoms with van der Waals surface area (Å²) in [6.07, 6.45) is 1.38. The SMILES string of the molecule is CCOc1cc(/C=C2\C(=O)NC(=O)N(c3cc(C)ccc3C)C2=O)cc(I)c1O. The maximum absolute atomic E-state index is 13.1. The molecule has 1 saturated heterocycles. The molecule has 150 valence electrons. The number of ether oxygens (including phenoxy) is 1. The van der Waals surface area contributed by atoms with Crippen molar-refractivity contribution in [3.05, 3.63) is 56.2 Å². The normalized spacial score (nSPS) is 15.7. The Balaban J connectivity index is 2.07. The van der Waals surface area contributed by atoms with Gasteiger partial charge < -0.3 is 9.84 Å². The number of nitrogens with zero attached hydrogens (tertiary/aromatic N) is 1. The summed E-state index contributed by atoms with van der Waals surface area (Å²) in [7, 11) is 0. The molecule has 0 atom stereocenters. The Kier molecular flexibility index (Phi) is 5.92. The Morgan fingerprint density at radius 1 is 1.17 bits per heavy atom. The van der Waals surface area contributed by atoms with Gasteiger partial charge in [-0.15, -0.1) is 0 Å². The van der Waals surface area contributed by atoms with E-state index in [1.165, 1.54) is 12.1 Å². The first-order valence-electron chi connectivity index (χ1n) is 8.87. The van der Waals surface area contributed by atoms with E-state index in [2.05, 4.69) is 5.32 Å². The van der Waals surface area contributed by atoms with Gasteiger partial charge in [0.25, 0.3) is 11.8 Å². The van der Waals surface area contributed by atoms with Crippen LogP contribution in [0.4, 0.5) is 10.5 Å². The summed E-state index contributed by atoms with van der Waals surface area (Å²) in [6.45, 7) is 5.76. The van der Waals surface area contributed by atoms with Gasteiger partial charge in [0, 0.05) is 0 Å². The number of amides is 4. The minimum absolute atomic E-state index is 0.0128. The number of rotatable bonds is 4. The van der Waals surface area contributed by atoms with Crippen molar-refractivity contribution in [3.63, 3.8) is 0 Å². The molecule has 2 aromatic carbocycles. The molecule has 0 aliphatic carbocycles. The van der Waals surface area contributed by atoms with Crippen molar-refractivity contribution < 1.29 is 24.2 Å². The van der Waals surface area contributed by atoms with Gasteiger partial charge in [-0.1, -0.05) is 12.1 Å². The quantitative estimate of drug-likeness (QED) is 0.375. The minimum atomic E-state index is -0.791. The fourth-order valence-electron chi connectivity index (χ4n) is 2.95. The first-order chi connectivity index (χ1) is 13.7. The smallest absolute Gasteiger partial charge is 0.335 e. The molecule has 0 spiro atoms. The third-order valence-corrected chi connectivity index (χ3v) is 5.19. The summed E-state index contributed by atoms with van der Waals surface area (Å²) in [5.41, 5.74) is 2.33. The van der Waals surface area contributed by atoms with E-state index in [1.54, 1.807) is 26.0 Å². The molecule has 7 nitrogen and oxygen atoms in total. The van der Waals surface area contributed by atoms with Gasteiger partial charge in [0.15, 0.2) is 11.5 Å². The van der Waals surface area contributed by atoms with Crippen LogP contribution in [0.25, 0.3) is 6.08 Å². The van der Waals surface area contributed by atoms with Crippen molar-refractivity contribution in [2.75, 3.05) is 11.5 Å². The molecular weight excluding hydrogens is 487 g/mol. The Morgan fingerprint density at radius 3 is 2.59 bits per heavy atom. The van der Waals surface area contributed by atoms with E-state index in [0.717, 1.165) is 16.0 Å². The van der Waals surface area contributed by atoms with E-state index in [0.29, 0.717) is 21.4 Å². The second-order valence-corrected chi connectivity index (χ2v) is 7.69. The number of carbonyl (C=O) groups is 3. The van der Waals surface area contributed by atoms with E-state index in [9.17, 15) is 19.5 Å². The lowest BCUT2D eigenvalue weighted by Gasteiger charge is -2.27. The first-order valence-corrected chi connectivity index (χ1v) is 9.94. The maximum atomic E-state index is 13.1. The van der Waals surface area contributed by atoms with Crippen LogP contribution >= 0.6 is 22.6 Å². The molecule has 1 heterocycles. The molecular formula is C21H19IN2O5. The topological polar surface area (TPSA) is 95.9 Å². The Labute approximate surface area is 181 Å². The molecule has 1 aliphatic heterocycles. The number of barbiturate groups is 1. The van der Waals surface area contributed by atoms with Gasteiger partial charge >= 0.3 is 6.03 Å². The summed E-state index contributed by atoms with van der Waals surface area (Å²) in [4.78, 5) is 38.8. The number of benzene rings is 2. The zero-order valence-corrected chi connectivity index (χ0v) is 18.2. The maximum Gasteiger partial charge on any atom is 0.335 e. The van der Waals surface area contributed by atoms with Crippen LogP contribution < -0.4 is 15.0 Å². The fourth-order valence-corrected chi connectivity index (χ4v) is 3.57. The highest BCUT2D eigenvalue weighted by atomic mass is 127. The summed E-state index contributed by atoms with van der Waals surface area (Å²) in [5.74, 6) is -1.25. The lowest BCUT2D eigenvalue weighted by Crippen LogP contribution is -2.54. The summed E-state index contributed by atoms with van der Waals surface area (Å²) in [5, 5.41) is 12.3. The molecule has 29 heavy (non-hydrogen) atoms. The molecule has 0 radical (unpaired) electrons. The summed E-state index contributed by atoms with van der Waals surface area (Å²) in [6, 6.07) is 7.76. The Hall–Kier alpha value is -2.88. The minimum Gasteiger partial charge on any atom is -0.504 e. The average molecular weight is 506 g/mol. The zero-order valence-electron chi connectivity index (χ0n) is 16.1. The van der Waals surface area contributed by atoms with Crippen LogP contribution in [0.3, 0.4) is 0 Å². The fraction of sp³-hybridized carbons (Fsp3) is 0.190. The van der Waals surface area contributed by atoms with Gasteiger partial charge in [-0.05, 0) is 84.3 Å². The molecule has 0 saturated carbocycles. The summed E-state index contributed by atoms with van der Waals surface area (Å²) < 4.78 is 5.91. The molecule has 0 unspecified atom stereocenters. The number of halogens is 1. The molecule has 2 N–H and O–H groups in total. The van der Waals surface area contributed by atoms with E-state index in [1.807, 2.05) is 41.6 Å². The lowest BCUT2D eigenvalue weighted by atomic mass is 10.0. The molecule has 8 heteroatoms. The largest absolute Gasteiger partial charge is 0.504 e. The Bertz CT molecular complexity index is 1060. The van der Waals surface area contributed by atoms with Gasteiger partial charge in [0.05, 0.1) is 15.9 Å². The zero-order chi connectivity index (χ0) is 21.3. The van der Waals surface area contributed by atoms with Crippen molar-refractivity contribution in [2.24, 2.45) is 0 Å². The first kappa shape index (κ1) is 20.8. The van der Waals surface area contributed by atoms with Gasteiger partial charge in [-0.2, -0.15) is 0 Å². The number of carbonyl (C=O) groups excluding carboxylic acids is 3. The van der Waals surface area contributed by atoms with Crippen LogP contribution in [0.15, 0.2) is 35.9 Å². The van der Waals surface area contributed by atoms with Crippen LogP contribution in [0.5, 0.6) is 11.5 Å². The predicted octanol–water partition coefficient (Wildman–Crippen LogP) is 3.68. The number of hydrogen-bond acceptors (Lipinski definition) is 5. The molecule has 1 aliphatic rings. The van der Waals surface area contributed by atoms with Crippen molar-refractivity contribution in [2.45, 2.75) is 20.8 Å². The predicted molar refractivity (Wildman–Crippen MR) is 117 cm³/mol. The highest BCUT2D eigenvalue weighted by molar-refractivity contribution is 14.1. The molecule has 0 bridgehead atoms. The highest BCUT2D eigenvalue weighted by Gasteiger charge is 2.37. The molecule has 2 aromatic rings. The lowest BCUT2D eigenvalue weighted by molar-refractivity contribution is -0.122. The number of anilines is 1. The van der Waals surface area contributed by atoms with E-state index in [4.69, 9.17) is 4.74 Å². The highest BCUT2D eigenvalue weighted by Crippen LogP contribution is 2.34. The number of imide groups is 2. The number of hydrogen-bond donors (Lipinski definition) is 2. The van der Waals surface area contributed by atoms with Crippen molar-refractivity contribution in [1.82, 2.24) is 5.32 Å². The van der Waals surface area contributed by atoms with E-state index < -0.39 is 17.8 Å². The number of aromatic hydroxyl groups is 1. The van der Waals surface area contributed by atoms with Crippen LogP contribution in [0.1, 0.15) is 23.6 Å². The number of phenols is 1. The number of nitrogens with one attached hydrogen (secondary N) is 1. The van der Waals surface area contributed by atoms with Crippen LogP contribution in [-0.2, 0) is 9.59 Å². The molecule has 4 amide bonds. The van der Waals surface area contributed by atoms with Gasteiger partial charge in [-0.25, -0.2) is 9.69 Å². The van der Waals surface area contributed by atoms with Gasteiger partial charge in [-0.3, -0.25) is 14.9 Å².